The van der Waals surface area contributed by atoms with Gasteiger partial charge in [0, 0.05) is 12.6 Å². The molecule has 1 aromatic carbocycles. The van der Waals surface area contributed by atoms with Gasteiger partial charge in [-0.3, -0.25) is 0 Å². The van der Waals surface area contributed by atoms with Gasteiger partial charge >= 0.3 is 0 Å². The van der Waals surface area contributed by atoms with E-state index in [2.05, 4.69) is 19.2 Å². The average molecular weight is 249 g/mol. The lowest BCUT2D eigenvalue weighted by atomic mass is 9.90. The molecule has 0 radical (unpaired) electrons. The van der Waals surface area contributed by atoms with Crippen molar-refractivity contribution in [3.05, 3.63) is 35.6 Å². The van der Waals surface area contributed by atoms with Crippen LogP contribution in [-0.2, 0) is 6.54 Å². The van der Waals surface area contributed by atoms with Crippen molar-refractivity contribution in [1.82, 2.24) is 5.32 Å². The van der Waals surface area contributed by atoms with E-state index in [1.165, 1.54) is 43.4 Å². The fraction of sp³-hybridized carbons (Fsp3) is 0.625. The predicted molar refractivity (Wildman–Crippen MR) is 73.8 cm³/mol. The number of hydrogen-bond donors (Lipinski definition) is 1. The van der Waals surface area contributed by atoms with Crippen LogP contribution in [-0.4, -0.2) is 6.04 Å². The molecule has 1 fully saturated rings. The number of nitrogens with one attached hydrogen (secondary N) is 1. The summed E-state index contributed by atoms with van der Waals surface area (Å²) < 4.78 is 12.8. The van der Waals surface area contributed by atoms with Crippen molar-refractivity contribution in [3.8, 4) is 0 Å². The highest BCUT2D eigenvalue weighted by Gasteiger charge is 2.27. The topological polar surface area (TPSA) is 12.0 Å². The van der Waals surface area contributed by atoms with Crippen LogP contribution in [0.2, 0.25) is 0 Å². The molecule has 0 aromatic heterocycles. The number of hydrogen-bond acceptors (Lipinski definition) is 1. The van der Waals surface area contributed by atoms with Gasteiger partial charge in [-0.25, -0.2) is 4.39 Å². The van der Waals surface area contributed by atoms with Gasteiger partial charge in [0.1, 0.15) is 5.82 Å². The standard InChI is InChI=1S/C16H24FN/c1-3-12(2)14-6-9-16(10-14)18-11-13-4-7-15(17)8-5-13/h4-5,7-8,12,14,16,18H,3,6,9-11H2,1-2H3/t12?,14-,16+/m1/s1. The molecule has 1 aliphatic carbocycles. The molecule has 1 saturated carbocycles. The Bertz CT molecular complexity index is 360. The highest BCUT2D eigenvalue weighted by Crippen LogP contribution is 2.33. The van der Waals surface area contributed by atoms with Crippen molar-refractivity contribution in [1.29, 1.82) is 0 Å². The smallest absolute Gasteiger partial charge is 0.123 e. The fourth-order valence-electron chi connectivity index (χ4n) is 2.92. The van der Waals surface area contributed by atoms with Gasteiger partial charge in [-0.2, -0.15) is 0 Å². The molecule has 3 atom stereocenters. The van der Waals surface area contributed by atoms with Crippen LogP contribution >= 0.6 is 0 Å². The van der Waals surface area contributed by atoms with Gasteiger partial charge in [-0.15, -0.1) is 0 Å². The monoisotopic (exact) mass is 249 g/mol. The second kappa shape index (κ2) is 6.33. The summed E-state index contributed by atoms with van der Waals surface area (Å²) in [4.78, 5) is 0. The van der Waals surface area contributed by atoms with Crippen LogP contribution in [0.4, 0.5) is 4.39 Å². The van der Waals surface area contributed by atoms with Crippen LogP contribution in [0.3, 0.4) is 0 Å². The quantitative estimate of drug-likeness (QED) is 0.827. The molecule has 0 amide bonds. The van der Waals surface area contributed by atoms with Crippen LogP contribution in [0, 0.1) is 17.7 Å². The summed E-state index contributed by atoms with van der Waals surface area (Å²) in [7, 11) is 0. The first-order chi connectivity index (χ1) is 8.69. The Morgan fingerprint density at radius 3 is 2.67 bits per heavy atom. The van der Waals surface area contributed by atoms with Crippen molar-refractivity contribution < 1.29 is 4.39 Å². The third kappa shape index (κ3) is 3.55. The van der Waals surface area contributed by atoms with Gasteiger partial charge in [0.2, 0.25) is 0 Å². The highest BCUT2D eigenvalue weighted by atomic mass is 19.1. The Labute approximate surface area is 110 Å². The van der Waals surface area contributed by atoms with Crippen molar-refractivity contribution in [2.24, 2.45) is 11.8 Å². The van der Waals surface area contributed by atoms with E-state index in [-0.39, 0.29) is 5.82 Å². The van der Waals surface area contributed by atoms with E-state index in [4.69, 9.17) is 0 Å². The Hall–Kier alpha value is -0.890. The Morgan fingerprint density at radius 2 is 2.00 bits per heavy atom. The van der Waals surface area contributed by atoms with Gasteiger partial charge in [-0.1, -0.05) is 32.4 Å². The van der Waals surface area contributed by atoms with E-state index < -0.39 is 0 Å². The summed E-state index contributed by atoms with van der Waals surface area (Å²) in [6.07, 6.45) is 5.23. The molecule has 18 heavy (non-hydrogen) atoms. The number of halogens is 1. The average Bonchev–Trinajstić information content (AvgIpc) is 2.86. The van der Waals surface area contributed by atoms with Crippen LogP contribution in [0.25, 0.3) is 0 Å². The van der Waals surface area contributed by atoms with E-state index >= 15 is 0 Å². The van der Waals surface area contributed by atoms with E-state index in [0.29, 0.717) is 6.04 Å². The summed E-state index contributed by atoms with van der Waals surface area (Å²) in [5.41, 5.74) is 1.17. The molecule has 2 rings (SSSR count). The molecule has 2 heteroatoms. The molecule has 1 N–H and O–H groups in total. The zero-order valence-corrected chi connectivity index (χ0v) is 11.5. The molecule has 0 aliphatic heterocycles. The molecule has 1 nitrogen and oxygen atoms in total. The van der Waals surface area contributed by atoms with Gasteiger partial charge in [0.15, 0.2) is 0 Å². The van der Waals surface area contributed by atoms with Crippen LogP contribution < -0.4 is 5.32 Å². The molecule has 100 valence electrons. The summed E-state index contributed by atoms with van der Waals surface area (Å²) in [5, 5.41) is 3.60. The summed E-state index contributed by atoms with van der Waals surface area (Å²) in [6.45, 7) is 5.51. The van der Waals surface area contributed by atoms with Crippen LogP contribution in [0.15, 0.2) is 24.3 Å². The maximum Gasteiger partial charge on any atom is 0.123 e. The SMILES string of the molecule is CCC(C)[C@@H]1CC[C@H](NCc2ccc(F)cc2)C1. The molecule has 0 bridgehead atoms. The van der Waals surface area contributed by atoms with Gasteiger partial charge in [0.25, 0.3) is 0 Å². The lowest BCUT2D eigenvalue weighted by Crippen LogP contribution is -2.26. The van der Waals surface area contributed by atoms with E-state index in [1.54, 1.807) is 0 Å². The minimum absolute atomic E-state index is 0.156. The Balaban J connectivity index is 1.76. The third-order valence-corrected chi connectivity index (χ3v) is 4.43. The van der Waals surface area contributed by atoms with Gasteiger partial charge < -0.3 is 5.32 Å². The molecule has 0 heterocycles. The van der Waals surface area contributed by atoms with Gasteiger partial charge in [-0.05, 0) is 48.8 Å². The van der Waals surface area contributed by atoms with Crippen molar-refractivity contribution in [2.75, 3.05) is 0 Å². The van der Waals surface area contributed by atoms with Crippen molar-refractivity contribution in [3.63, 3.8) is 0 Å². The minimum atomic E-state index is -0.156. The summed E-state index contributed by atoms with van der Waals surface area (Å²) in [6, 6.07) is 7.45. The first-order valence-corrected chi connectivity index (χ1v) is 7.17. The normalized spacial score (nSPS) is 25.3. The van der Waals surface area contributed by atoms with E-state index in [1.807, 2.05) is 12.1 Å². The summed E-state index contributed by atoms with van der Waals surface area (Å²) >= 11 is 0. The van der Waals surface area contributed by atoms with Crippen LogP contribution in [0.5, 0.6) is 0 Å². The first-order valence-electron chi connectivity index (χ1n) is 7.17. The Kier molecular flexibility index (Phi) is 4.76. The zero-order chi connectivity index (χ0) is 13.0. The lowest BCUT2D eigenvalue weighted by Gasteiger charge is -2.18. The molecule has 1 unspecified atom stereocenters. The number of rotatable bonds is 5. The molecule has 0 spiro atoms. The molecular weight excluding hydrogens is 225 g/mol. The third-order valence-electron chi connectivity index (χ3n) is 4.43. The molecule has 1 aliphatic rings. The van der Waals surface area contributed by atoms with E-state index in [0.717, 1.165) is 18.4 Å². The maximum absolute atomic E-state index is 12.8. The van der Waals surface area contributed by atoms with Gasteiger partial charge in [0.05, 0.1) is 0 Å². The fourth-order valence-corrected chi connectivity index (χ4v) is 2.92. The highest BCUT2D eigenvalue weighted by molar-refractivity contribution is 5.15. The van der Waals surface area contributed by atoms with E-state index in [9.17, 15) is 4.39 Å². The number of benzene rings is 1. The lowest BCUT2D eigenvalue weighted by molar-refractivity contribution is 0.346. The maximum atomic E-state index is 12.8. The largest absolute Gasteiger partial charge is 0.310 e. The summed E-state index contributed by atoms with van der Waals surface area (Å²) in [5.74, 6) is 1.58. The minimum Gasteiger partial charge on any atom is -0.310 e. The first kappa shape index (κ1) is 13.5. The molecular formula is C16H24FN. The molecule has 0 saturated heterocycles. The Morgan fingerprint density at radius 1 is 1.28 bits per heavy atom. The predicted octanol–water partition coefficient (Wildman–Crippen LogP) is 4.13. The van der Waals surface area contributed by atoms with Crippen molar-refractivity contribution in [2.45, 2.75) is 52.1 Å². The zero-order valence-electron chi connectivity index (χ0n) is 11.5. The second-order valence-corrected chi connectivity index (χ2v) is 5.66. The second-order valence-electron chi connectivity index (χ2n) is 5.66. The molecule has 1 aromatic rings. The van der Waals surface area contributed by atoms with Crippen LogP contribution in [0.1, 0.15) is 45.1 Å². The van der Waals surface area contributed by atoms with Crippen molar-refractivity contribution >= 4 is 0 Å².